The topological polar surface area (TPSA) is 92.4 Å². The quantitative estimate of drug-likeness (QED) is 0.751. The van der Waals surface area contributed by atoms with Gasteiger partial charge in [-0.15, -0.1) is 0 Å². The number of hydrogen-bond donors (Lipinski definition) is 2. The van der Waals surface area contributed by atoms with Crippen LogP contribution in [0.1, 0.15) is 0 Å². The fraction of sp³-hybridized carbons (Fsp3) is 0. The van der Waals surface area contributed by atoms with E-state index in [2.05, 4.69) is 9.71 Å². The molecule has 0 aliphatic carbocycles. The summed E-state index contributed by atoms with van der Waals surface area (Å²) in [5.41, 5.74) is 0.547. The first-order valence-electron chi connectivity index (χ1n) is 6.47. The van der Waals surface area contributed by atoms with Gasteiger partial charge in [0.2, 0.25) is 5.89 Å². The summed E-state index contributed by atoms with van der Waals surface area (Å²) >= 11 is 5.83. The van der Waals surface area contributed by atoms with E-state index in [1.807, 2.05) is 0 Å². The highest BCUT2D eigenvalue weighted by atomic mass is 35.5. The zero-order chi connectivity index (χ0) is 16.4. The normalized spacial score (nSPS) is 11.3. The minimum Gasteiger partial charge on any atom is -0.508 e. The summed E-state index contributed by atoms with van der Waals surface area (Å²) < 4.78 is 32.6. The maximum atomic E-state index is 12.5. The summed E-state index contributed by atoms with van der Waals surface area (Å²) in [6, 6.07) is 10.1. The van der Waals surface area contributed by atoms with Crippen molar-refractivity contribution in [3.63, 3.8) is 0 Å². The second-order valence-electron chi connectivity index (χ2n) is 4.63. The predicted octanol–water partition coefficient (Wildman–Crippen LogP) is 3.50. The third-order valence-electron chi connectivity index (χ3n) is 3.02. The summed E-state index contributed by atoms with van der Waals surface area (Å²) in [6.45, 7) is 0. The number of hydrogen-bond acceptors (Lipinski definition) is 5. The maximum absolute atomic E-state index is 12.5. The monoisotopic (exact) mass is 350 g/mol. The molecule has 1 heterocycles. The Labute approximate surface area is 137 Å². The van der Waals surface area contributed by atoms with E-state index in [4.69, 9.17) is 16.0 Å². The van der Waals surface area contributed by atoms with Gasteiger partial charge in [0.25, 0.3) is 10.0 Å². The Hall–Kier alpha value is -2.51. The number of nitrogens with zero attached hydrogens (tertiary/aromatic N) is 1. The number of sulfonamides is 1. The Morgan fingerprint density at radius 2 is 2.00 bits per heavy atom. The van der Waals surface area contributed by atoms with E-state index in [1.165, 1.54) is 48.9 Å². The molecule has 0 saturated heterocycles. The van der Waals surface area contributed by atoms with Crippen LogP contribution in [0.5, 0.6) is 5.75 Å². The summed E-state index contributed by atoms with van der Waals surface area (Å²) in [5.74, 6) is 0.137. The average molecular weight is 351 g/mol. The average Bonchev–Trinajstić information content (AvgIpc) is 3.01. The fourth-order valence-corrected chi connectivity index (χ4v) is 3.37. The van der Waals surface area contributed by atoms with Crippen LogP contribution in [0.15, 0.2) is 64.2 Å². The Kier molecular flexibility index (Phi) is 3.97. The molecule has 0 aliphatic rings. The van der Waals surface area contributed by atoms with Gasteiger partial charge in [-0.3, -0.25) is 4.72 Å². The molecule has 2 N–H and O–H groups in total. The molecule has 0 bridgehead atoms. The zero-order valence-electron chi connectivity index (χ0n) is 11.6. The van der Waals surface area contributed by atoms with Crippen LogP contribution in [0.25, 0.3) is 11.5 Å². The SMILES string of the molecule is O=S(=O)(Nc1cc(O)ccc1-c1ncco1)c1cccc(Cl)c1. The third kappa shape index (κ3) is 3.30. The Morgan fingerprint density at radius 1 is 1.17 bits per heavy atom. The standard InChI is InChI=1S/C15H11ClN2O4S/c16-10-2-1-3-12(8-10)23(20,21)18-14-9-11(19)4-5-13(14)15-17-6-7-22-15/h1-9,18-19H. The van der Waals surface area contributed by atoms with E-state index >= 15 is 0 Å². The van der Waals surface area contributed by atoms with Gasteiger partial charge in [0, 0.05) is 11.1 Å². The number of benzene rings is 2. The molecule has 3 aromatic rings. The lowest BCUT2D eigenvalue weighted by Gasteiger charge is -2.11. The predicted molar refractivity (Wildman–Crippen MR) is 85.9 cm³/mol. The first kappa shape index (κ1) is 15.4. The van der Waals surface area contributed by atoms with Crippen LogP contribution < -0.4 is 4.72 Å². The fourth-order valence-electron chi connectivity index (χ4n) is 2.00. The molecule has 0 atom stereocenters. The van der Waals surface area contributed by atoms with Crippen LogP contribution in [0.3, 0.4) is 0 Å². The van der Waals surface area contributed by atoms with Gasteiger partial charge in [0.1, 0.15) is 12.0 Å². The second-order valence-corrected chi connectivity index (χ2v) is 6.75. The number of anilines is 1. The van der Waals surface area contributed by atoms with Crippen LogP contribution in [0, 0.1) is 0 Å². The first-order chi connectivity index (χ1) is 11.0. The van der Waals surface area contributed by atoms with Gasteiger partial charge in [0.05, 0.1) is 22.3 Å². The number of phenols is 1. The molecule has 0 saturated carbocycles. The molecular weight excluding hydrogens is 340 g/mol. The highest BCUT2D eigenvalue weighted by molar-refractivity contribution is 7.92. The van der Waals surface area contributed by atoms with Crippen molar-refractivity contribution < 1.29 is 17.9 Å². The van der Waals surface area contributed by atoms with Crippen LogP contribution in [-0.4, -0.2) is 18.5 Å². The van der Waals surface area contributed by atoms with Gasteiger partial charge < -0.3 is 9.52 Å². The van der Waals surface area contributed by atoms with Crippen molar-refractivity contribution in [2.24, 2.45) is 0 Å². The van der Waals surface area contributed by atoms with Crippen LogP contribution in [0.2, 0.25) is 5.02 Å². The van der Waals surface area contributed by atoms with E-state index in [-0.39, 0.29) is 22.2 Å². The highest BCUT2D eigenvalue weighted by Gasteiger charge is 2.19. The van der Waals surface area contributed by atoms with E-state index in [0.717, 1.165) is 0 Å². The van der Waals surface area contributed by atoms with Gasteiger partial charge in [-0.1, -0.05) is 17.7 Å². The van der Waals surface area contributed by atoms with Crippen molar-refractivity contribution in [1.82, 2.24) is 4.98 Å². The molecular formula is C15H11ClN2O4S. The molecule has 3 rings (SSSR count). The molecule has 0 unspecified atom stereocenters. The van der Waals surface area contributed by atoms with Crippen molar-refractivity contribution in [2.45, 2.75) is 4.90 Å². The zero-order valence-corrected chi connectivity index (χ0v) is 13.2. The number of nitrogens with one attached hydrogen (secondary N) is 1. The Bertz CT molecular complexity index is 940. The van der Waals surface area contributed by atoms with Gasteiger partial charge in [-0.05, 0) is 30.3 Å². The minimum absolute atomic E-state index is 0.00620. The molecule has 6 nitrogen and oxygen atoms in total. The number of rotatable bonds is 4. The number of oxazole rings is 1. The van der Waals surface area contributed by atoms with Crippen molar-refractivity contribution in [2.75, 3.05) is 4.72 Å². The van der Waals surface area contributed by atoms with Crippen molar-refractivity contribution in [1.29, 1.82) is 0 Å². The largest absolute Gasteiger partial charge is 0.508 e. The van der Waals surface area contributed by atoms with E-state index < -0.39 is 10.0 Å². The van der Waals surface area contributed by atoms with Crippen LogP contribution >= 0.6 is 11.6 Å². The molecule has 0 fully saturated rings. The lowest BCUT2D eigenvalue weighted by Crippen LogP contribution is -2.13. The third-order valence-corrected chi connectivity index (χ3v) is 4.61. The van der Waals surface area contributed by atoms with Crippen LogP contribution in [-0.2, 0) is 10.0 Å². The van der Waals surface area contributed by atoms with Gasteiger partial charge in [-0.2, -0.15) is 0 Å². The molecule has 2 aromatic carbocycles. The van der Waals surface area contributed by atoms with Gasteiger partial charge in [-0.25, -0.2) is 13.4 Å². The summed E-state index contributed by atoms with van der Waals surface area (Å²) in [4.78, 5) is 4.00. The number of aromatic hydroxyl groups is 1. The number of halogens is 1. The van der Waals surface area contributed by atoms with Crippen molar-refractivity contribution in [3.05, 3.63) is 59.9 Å². The minimum atomic E-state index is -3.88. The van der Waals surface area contributed by atoms with E-state index in [9.17, 15) is 13.5 Å². The molecule has 0 aliphatic heterocycles. The maximum Gasteiger partial charge on any atom is 0.261 e. The Morgan fingerprint density at radius 3 is 2.70 bits per heavy atom. The molecule has 8 heteroatoms. The summed E-state index contributed by atoms with van der Waals surface area (Å²) in [6.07, 6.45) is 2.81. The molecule has 0 radical (unpaired) electrons. The van der Waals surface area contributed by atoms with E-state index in [0.29, 0.717) is 10.6 Å². The molecule has 0 amide bonds. The van der Waals surface area contributed by atoms with E-state index in [1.54, 1.807) is 6.07 Å². The van der Waals surface area contributed by atoms with Gasteiger partial charge in [0.15, 0.2) is 0 Å². The molecule has 23 heavy (non-hydrogen) atoms. The van der Waals surface area contributed by atoms with Crippen molar-refractivity contribution in [3.8, 4) is 17.2 Å². The smallest absolute Gasteiger partial charge is 0.261 e. The van der Waals surface area contributed by atoms with Gasteiger partial charge >= 0.3 is 0 Å². The van der Waals surface area contributed by atoms with Crippen LogP contribution in [0.4, 0.5) is 5.69 Å². The number of aromatic nitrogens is 1. The first-order valence-corrected chi connectivity index (χ1v) is 8.33. The number of phenolic OH excluding ortho intramolecular Hbond substituents is 1. The summed E-state index contributed by atoms with van der Waals surface area (Å²) in [7, 11) is -3.88. The second kappa shape index (κ2) is 5.94. The van der Waals surface area contributed by atoms with Crippen molar-refractivity contribution >= 4 is 27.3 Å². The molecule has 0 spiro atoms. The summed E-state index contributed by atoms with van der Waals surface area (Å²) in [5, 5.41) is 9.94. The molecule has 118 valence electrons. The molecule has 1 aromatic heterocycles. The highest BCUT2D eigenvalue weighted by Crippen LogP contribution is 2.32. The Balaban J connectivity index is 2.04. The lowest BCUT2D eigenvalue weighted by atomic mass is 10.2. The lowest BCUT2D eigenvalue weighted by molar-refractivity contribution is 0.475.